The van der Waals surface area contributed by atoms with Crippen LogP contribution < -0.4 is 11.5 Å². The third kappa shape index (κ3) is 4.97. The number of halogens is 3. The van der Waals surface area contributed by atoms with E-state index in [1.54, 1.807) is 12.1 Å². The lowest BCUT2D eigenvalue weighted by Crippen LogP contribution is -2.25. The number of aromatic nitrogens is 1. The topological polar surface area (TPSA) is 64.9 Å². The third-order valence-corrected chi connectivity index (χ3v) is 2.14. The Kier molecular flexibility index (Phi) is 4.12. The molecule has 0 bridgehead atoms. The van der Waals surface area contributed by atoms with Crippen molar-refractivity contribution in [2.24, 2.45) is 5.73 Å². The van der Waals surface area contributed by atoms with E-state index in [4.69, 9.17) is 11.5 Å². The summed E-state index contributed by atoms with van der Waals surface area (Å²) in [5, 5.41) is 0. The summed E-state index contributed by atoms with van der Waals surface area (Å²) in [6.45, 7) is 0. The van der Waals surface area contributed by atoms with Gasteiger partial charge in [0.1, 0.15) is 5.82 Å². The highest BCUT2D eigenvalue weighted by Crippen LogP contribution is 2.22. The molecule has 4 N–H and O–H groups in total. The van der Waals surface area contributed by atoms with E-state index in [0.717, 1.165) is 5.56 Å². The Hall–Kier alpha value is -1.30. The van der Waals surface area contributed by atoms with E-state index in [9.17, 15) is 13.2 Å². The molecular weight excluding hydrogens is 219 g/mol. The predicted octanol–water partition coefficient (Wildman–Crippen LogP) is 1.88. The maximum atomic E-state index is 11.9. The normalized spacial score (nSPS) is 13.8. The van der Waals surface area contributed by atoms with E-state index in [1.165, 1.54) is 6.20 Å². The molecule has 1 heterocycles. The summed E-state index contributed by atoms with van der Waals surface area (Å²) in [6, 6.07) is 2.81. The molecule has 1 unspecified atom stereocenters. The summed E-state index contributed by atoms with van der Waals surface area (Å²) in [4.78, 5) is 3.79. The highest BCUT2D eigenvalue weighted by Gasteiger charge is 2.27. The third-order valence-electron chi connectivity index (χ3n) is 2.14. The summed E-state index contributed by atoms with van der Waals surface area (Å²) in [5.74, 6) is 0.348. The molecule has 0 spiro atoms. The van der Waals surface area contributed by atoms with E-state index < -0.39 is 18.6 Å². The van der Waals surface area contributed by atoms with Crippen molar-refractivity contribution in [2.45, 2.75) is 31.5 Å². The lowest BCUT2D eigenvalue weighted by molar-refractivity contribution is -0.136. The molecule has 0 aliphatic rings. The van der Waals surface area contributed by atoms with Crippen molar-refractivity contribution in [2.75, 3.05) is 5.73 Å². The second kappa shape index (κ2) is 5.16. The van der Waals surface area contributed by atoms with Crippen LogP contribution in [0.1, 0.15) is 18.4 Å². The molecule has 1 atom stereocenters. The largest absolute Gasteiger partial charge is 0.389 e. The molecule has 16 heavy (non-hydrogen) atoms. The molecule has 3 nitrogen and oxygen atoms in total. The Morgan fingerprint density at radius 3 is 2.62 bits per heavy atom. The fraction of sp³-hybridized carbons (Fsp3) is 0.500. The molecule has 1 aromatic heterocycles. The van der Waals surface area contributed by atoms with Crippen LogP contribution in [0, 0.1) is 0 Å². The first-order chi connectivity index (χ1) is 7.37. The second-order valence-electron chi connectivity index (χ2n) is 3.71. The van der Waals surface area contributed by atoms with Crippen LogP contribution in [0.25, 0.3) is 0 Å². The van der Waals surface area contributed by atoms with Crippen LogP contribution in [-0.2, 0) is 6.42 Å². The summed E-state index contributed by atoms with van der Waals surface area (Å²) in [7, 11) is 0. The molecule has 0 saturated carbocycles. The van der Waals surface area contributed by atoms with Gasteiger partial charge < -0.3 is 11.5 Å². The molecule has 0 saturated heterocycles. The Labute approximate surface area is 91.7 Å². The van der Waals surface area contributed by atoms with Crippen LogP contribution in [0.3, 0.4) is 0 Å². The molecule has 0 aliphatic heterocycles. The molecule has 6 heteroatoms. The first-order valence-electron chi connectivity index (χ1n) is 4.89. The zero-order chi connectivity index (χ0) is 12.2. The van der Waals surface area contributed by atoms with Gasteiger partial charge in [-0.3, -0.25) is 0 Å². The van der Waals surface area contributed by atoms with Gasteiger partial charge in [0, 0.05) is 18.7 Å². The smallest absolute Gasteiger partial charge is 0.384 e. The van der Waals surface area contributed by atoms with E-state index in [2.05, 4.69) is 4.98 Å². The van der Waals surface area contributed by atoms with Crippen LogP contribution in [-0.4, -0.2) is 17.2 Å². The number of anilines is 1. The van der Waals surface area contributed by atoms with Crippen LogP contribution in [0.5, 0.6) is 0 Å². The number of pyridine rings is 1. The minimum absolute atomic E-state index is 0.0777. The SMILES string of the molecule is Nc1cc(CC(N)CCC(F)(F)F)ccn1. The number of nitrogens with two attached hydrogens (primary N) is 2. The number of rotatable bonds is 4. The molecule has 0 aliphatic carbocycles. The van der Waals surface area contributed by atoms with Crippen LogP contribution in [0.4, 0.5) is 19.0 Å². The zero-order valence-electron chi connectivity index (χ0n) is 8.67. The predicted molar refractivity (Wildman–Crippen MR) is 55.6 cm³/mol. The first kappa shape index (κ1) is 12.8. The van der Waals surface area contributed by atoms with Crippen molar-refractivity contribution in [1.82, 2.24) is 4.98 Å². The minimum atomic E-state index is -4.14. The number of alkyl halides is 3. The molecule has 1 rings (SSSR count). The summed E-state index contributed by atoms with van der Waals surface area (Å²) in [6.07, 6.45) is -3.18. The highest BCUT2D eigenvalue weighted by molar-refractivity contribution is 5.32. The quantitative estimate of drug-likeness (QED) is 0.834. The van der Waals surface area contributed by atoms with Crippen molar-refractivity contribution >= 4 is 5.82 Å². The van der Waals surface area contributed by atoms with Gasteiger partial charge in [-0.25, -0.2) is 4.98 Å². The zero-order valence-corrected chi connectivity index (χ0v) is 8.67. The van der Waals surface area contributed by atoms with Gasteiger partial charge in [-0.05, 0) is 30.5 Å². The monoisotopic (exact) mass is 233 g/mol. The van der Waals surface area contributed by atoms with Crippen molar-refractivity contribution in [3.05, 3.63) is 23.9 Å². The van der Waals surface area contributed by atoms with Gasteiger partial charge >= 0.3 is 6.18 Å². The second-order valence-corrected chi connectivity index (χ2v) is 3.71. The Bertz CT molecular complexity index is 338. The maximum Gasteiger partial charge on any atom is 0.389 e. The van der Waals surface area contributed by atoms with Crippen LogP contribution >= 0.6 is 0 Å². The minimum Gasteiger partial charge on any atom is -0.384 e. The maximum absolute atomic E-state index is 11.9. The summed E-state index contributed by atoms with van der Waals surface area (Å²) >= 11 is 0. The fourth-order valence-electron chi connectivity index (χ4n) is 1.38. The molecule has 0 radical (unpaired) electrons. The van der Waals surface area contributed by atoms with Gasteiger partial charge in [0.05, 0.1) is 0 Å². The Balaban J connectivity index is 2.43. The van der Waals surface area contributed by atoms with Crippen molar-refractivity contribution in [3.8, 4) is 0 Å². The van der Waals surface area contributed by atoms with Crippen LogP contribution in [0.2, 0.25) is 0 Å². The lowest BCUT2D eigenvalue weighted by atomic mass is 10.0. The molecular formula is C10H14F3N3. The Morgan fingerprint density at radius 1 is 1.38 bits per heavy atom. The number of nitrogens with zero attached hydrogens (tertiary/aromatic N) is 1. The van der Waals surface area contributed by atoms with Gasteiger partial charge in [-0.2, -0.15) is 13.2 Å². The molecule has 0 fully saturated rings. The van der Waals surface area contributed by atoms with Crippen LogP contribution in [0.15, 0.2) is 18.3 Å². The van der Waals surface area contributed by atoms with Gasteiger partial charge in [0.25, 0.3) is 0 Å². The summed E-state index contributed by atoms with van der Waals surface area (Å²) in [5.41, 5.74) is 11.9. The van der Waals surface area contributed by atoms with E-state index in [1.807, 2.05) is 0 Å². The van der Waals surface area contributed by atoms with Gasteiger partial charge in [-0.15, -0.1) is 0 Å². The van der Waals surface area contributed by atoms with Gasteiger partial charge in [0.15, 0.2) is 0 Å². The number of nitrogen functional groups attached to an aromatic ring is 1. The van der Waals surface area contributed by atoms with Crippen molar-refractivity contribution in [1.29, 1.82) is 0 Å². The molecule has 1 aromatic rings. The van der Waals surface area contributed by atoms with Crippen molar-refractivity contribution < 1.29 is 13.2 Å². The Morgan fingerprint density at radius 2 is 2.06 bits per heavy atom. The molecule has 0 aromatic carbocycles. The number of hydrogen-bond donors (Lipinski definition) is 2. The van der Waals surface area contributed by atoms with Gasteiger partial charge in [0.2, 0.25) is 0 Å². The standard InChI is InChI=1S/C10H14F3N3/c11-10(12,13)3-1-8(14)5-7-2-4-16-9(15)6-7/h2,4,6,8H,1,3,5,14H2,(H2,15,16). The van der Waals surface area contributed by atoms with E-state index in [-0.39, 0.29) is 6.42 Å². The summed E-state index contributed by atoms with van der Waals surface area (Å²) < 4.78 is 35.8. The van der Waals surface area contributed by atoms with Crippen molar-refractivity contribution in [3.63, 3.8) is 0 Å². The average molecular weight is 233 g/mol. The lowest BCUT2D eigenvalue weighted by Gasteiger charge is -2.13. The molecule has 90 valence electrons. The van der Waals surface area contributed by atoms with E-state index in [0.29, 0.717) is 12.2 Å². The fourth-order valence-corrected chi connectivity index (χ4v) is 1.38. The number of hydrogen-bond acceptors (Lipinski definition) is 3. The highest BCUT2D eigenvalue weighted by atomic mass is 19.4. The first-order valence-corrected chi connectivity index (χ1v) is 4.89. The average Bonchev–Trinajstić information content (AvgIpc) is 2.14. The molecule has 0 amide bonds. The van der Waals surface area contributed by atoms with Gasteiger partial charge in [-0.1, -0.05) is 0 Å². The van der Waals surface area contributed by atoms with E-state index >= 15 is 0 Å².